The molecule has 1 atom stereocenters. The second-order valence-electron chi connectivity index (χ2n) is 3.09. The lowest BCUT2D eigenvalue weighted by molar-refractivity contribution is -0.386. The molecular weight excluding hydrogens is 266 g/mol. The lowest BCUT2D eigenvalue weighted by atomic mass is 10.4. The molecular formula is C9H10ClN3O5. The van der Waals surface area contributed by atoms with E-state index >= 15 is 0 Å². The first-order valence-corrected chi connectivity index (χ1v) is 5.33. The van der Waals surface area contributed by atoms with Crippen LogP contribution in [-0.4, -0.2) is 33.6 Å². The van der Waals surface area contributed by atoms with E-state index in [9.17, 15) is 14.9 Å². The van der Waals surface area contributed by atoms with Crippen molar-refractivity contribution in [2.24, 2.45) is 0 Å². The van der Waals surface area contributed by atoms with Crippen molar-refractivity contribution >= 4 is 23.3 Å². The Morgan fingerprint density at radius 2 is 2.28 bits per heavy atom. The van der Waals surface area contributed by atoms with Gasteiger partial charge in [-0.1, -0.05) is 11.6 Å². The van der Waals surface area contributed by atoms with E-state index in [1.807, 2.05) is 0 Å². The molecule has 0 N–H and O–H groups in total. The Labute approximate surface area is 107 Å². The summed E-state index contributed by atoms with van der Waals surface area (Å²) < 4.78 is 9.75. The molecule has 1 rings (SSSR count). The summed E-state index contributed by atoms with van der Waals surface area (Å²) in [6.07, 6.45) is -0.0302. The van der Waals surface area contributed by atoms with Gasteiger partial charge in [-0.15, -0.1) is 0 Å². The Balaban J connectivity index is 2.94. The van der Waals surface area contributed by atoms with Gasteiger partial charge in [0.15, 0.2) is 6.10 Å². The molecule has 1 aromatic rings. The molecule has 18 heavy (non-hydrogen) atoms. The summed E-state index contributed by atoms with van der Waals surface area (Å²) in [5.41, 5.74) is -0.588. The van der Waals surface area contributed by atoms with Gasteiger partial charge in [-0.3, -0.25) is 10.1 Å². The molecule has 0 saturated heterocycles. The van der Waals surface area contributed by atoms with Crippen molar-refractivity contribution < 1.29 is 19.2 Å². The Hall–Kier alpha value is -1.96. The molecule has 8 nitrogen and oxygen atoms in total. The fourth-order valence-corrected chi connectivity index (χ4v) is 1.25. The van der Waals surface area contributed by atoms with E-state index in [-0.39, 0.29) is 17.6 Å². The van der Waals surface area contributed by atoms with E-state index in [0.717, 1.165) is 6.33 Å². The number of hydrogen-bond donors (Lipinski definition) is 0. The number of ether oxygens (including phenoxy) is 2. The van der Waals surface area contributed by atoms with Crippen LogP contribution >= 0.6 is 11.6 Å². The minimum absolute atomic E-state index is 0.180. The molecule has 9 heteroatoms. The van der Waals surface area contributed by atoms with Gasteiger partial charge in [-0.05, 0) is 13.8 Å². The number of rotatable bonds is 5. The molecule has 0 amide bonds. The van der Waals surface area contributed by atoms with E-state index in [1.54, 1.807) is 6.92 Å². The molecule has 0 unspecified atom stereocenters. The molecule has 0 radical (unpaired) electrons. The number of carbonyl (C=O) groups excluding carboxylic acids is 1. The number of carbonyl (C=O) groups is 1. The minimum Gasteiger partial charge on any atom is -0.463 e. The van der Waals surface area contributed by atoms with Crippen molar-refractivity contribution in [3.63, 3.8) is 0 Å². The molecule has 0 aliphatic rings. The molecule has 0 aromatic carbocycles. The fourth-order valence-electron chi connectivity index (χ4n) is 1.06. The standard InChI is InChI=1S/C9H10ClN3O5/c1-3-17-9(14)5(2)18-8-6(13(15)16)7(10)11-4-12-8/h4-5H,3H2,1-2H3/t5-/m1/s1. The maximum absolute atomic E-state index is 11.3. The van der Waals surface area contributed by atoms with Crippen LogP contribution in [0.3, 0.4) is 0 Å². The first-order chi connectivity index (χ1) is 8.47. The van der Waals surface area contributed by atoms with E-state index in [0.29, 0.717) is 0 Å². The van der Waals surface area contributed by atoms with Crippen molar-refractivity contribution in [3.05, 3.63) is 21.6 Å². The second-order valence-corrected chi connectivity index (χ2v) is 3.45. The van der Waals surface area contributed by atoms with Crippen molar-refractivity contribution in [3.8, 4) is 5.88 Å². The van der Waals surface area contributed by atoms with E-state index in [1.165, 1.54) is 6.92 Å². The molecule has 1 aromatic heterocycles. The normalized spacial score (nSPS) is 11.7. The monoisotopic (exact) mass is 275 g/mol. The summed E-state index contributed by atoms with van der Waals surface area (Å²) in [6, 6.07) is 0. The topological polar surface area (TPSA) is 104 Å². The first-order valence-electron chi connectivity index (χ1n) is 4.95. The number of aromatic nitrogens is 2. The summed E-state index contributed by atoms with van der Waals surface area (Å²) >= 11 is 5.56. The molecule has 0 saturated carbocycles. The smallest absolute Gasteiger partial charge is 0.367 e. The third-order valence-corrected chi connectivity index (χ3v) is 2.11. The summed E-state index contributed by atoms with van der Waals surface area (Å²) in [5, 5.41) is 10.4. The second kappa shape index (κ2) is 6.10. The van der Waals surface area contributed by atoms with Gasteiger partial charge >= 0.3 is 11.7 Å². The summed E-state index contributed by atoms with van der Waals surface area (Å²) in [6.45, 7) is 3.20. The minimum atomic E-state index is -1.03. The summed E-state index contributed by atoms with van der Waals surface area (Å²) in [5.74, 6) is -1.03. The number of nitro groups is 1. The predicted molar refractivity (Wildman–Crippen MR) is 60.4 cm³/mol. The number of esters is 1. The lowest BCUT2D eigenvalue weighted by Gasteiger charge is -2.12. The zero-order valence-electron chi connectivity index (χ0n) is 9.62. The van der Waals surface area contributed by atoms with E-state index in [2.05, 4.69) is 9.97 Å². The van der Waals surface area contributed by atoms with Crippen LogP contribution in [0, 0.1) is 10.1 Å². The number of nitrogens with zero attached hydrogens (tertiary/aromatic N) is 3. The maximum Gasteiger partial charge on any atom is 0.367 e. The maximum atomic E-state index is 11.3. The van der Waals surface area contributed by atoms with E-state index < -0.39 is 22.7 Å². The highest BCUT2D eigenvalue weighted by molar-refractivity contribution is 6.31. The predicted octanol–water partition coefficient (Wildman–Crippen LogP) is 1.37. The van der Waals surface area contributed by atoms with E-state index in [4.69, 9.17) is 21.1 Å². The fraction of sp³-hybridized carbons (Fsp3) is 0.444. The van der Waals surface area contributed by atoms with Gasteiger partial charge in [0.05, 0.1) is 11.5 Å². The Bertz CT molecular complexity index is 468. The Morgan fingerprint density at radius 1 is 1.61 bits per heavy atom. The van der Waals surface area contributed by atoms with Crippen molar-refractivity contribution in [2.45, 2.75) is 20.0 Å². The largest absolute Gasteiger partial charge is 0.463 e. The van der Waals surface area contributed by atoms with Crippen LogP contribution in [0.15, 0.2) is 6.33 Å². The number of halogens is 1. The zero-order valence-corrected chi connectivity index (χ0v) is 10.4. The zero-order chi connectivity index (χ0) is 13.7. The molecule has 98 valence electrons. The van der Waals surface area contributed by atoms with Gasteiger partial charge < -0.3 is 9.47 Å². The van der Waals surface area contributed by atoms with Crippen LogP contribution in [0.25, 0.3) is 0 Å². The Kier molecular flexibility index (Phi) is 4.78. The molecule has 0 spiro atoms. The quantitative estimate of drug-likeness (QED) is 0.346. The van der Waals surface area contributed by atoms with Gasteiger partial charge in [-0.25, -0.2) is 9.78 Å². The first kappa shape index (κ1) is 14.1. The van der Waals surface area contributed by atoms with Crippen molar-refractivity contribution in [1.82, 2.24) is 9.97 Å². The van der Waals surface area contributed by atoms with Crippen molar-refractivity contribution in [2.75, 3.05) is 6.61 Å². The Morgan fingerprint density at radius 3 is 2.83 bits per heavy atom. The highest BCUT2D eigenvalue weighted by Crippen LogP contribution is 2.30. The molecule has 1 heterocycles. The molecule has 0 bridgehead atoms. The summed E-state index contributed by atoms with van der Waals surface area (Å²) in [4.78, 5) is 28.3. The van der Waals surface area contributed by atoms with Crippen LogP contribution in [0.5, 0.6) is 5.88 Å². The number of hydrogen-bond acceptors (Lipinski definition) is 7. The third-order valence-electron chi connectivity index (χ3n) is 1.83. The van der Waals surface area contributed by atoms with Gasteiger partial charge in [0.25, 0.3) is 5.88 Å². The average Bonchev–Trinajstić information content (AvgIpc) is 2.28. The molecule has 0 aliphatic carbocycles. The average molecular weight is 276 g/mol. The van der Waals surface area contributed by atoms with Crippen molar-refractivity contribution in [1.29, 1.82) is 0 Å². The van der Waals surface area contributed by atoms with Gasteiger partial charge in [-0.2, -0.15) is 4.98 Å². The van der Waals surface area contributed by atoms with Gasteiger partial charge in [0.2, 0.25) is 5.15 Å². The van der Waals surface area contributed by atoms with Crippen LogP contribution in [0.2, 0.25) is 5.15 Å². The van der Waals surface area contributed by atoms with Gasteiger partial charge in [0, 0.05) is 0 Å². The van der Waals surface area contributed by atoms with Gasteiger partial charge in [0.1, 0.15) is 6.33 Å². The highest BCUT2D eigenvalue weighted by atomic mass is 35.5. The SMILES string of the molecule is CCOC(=O)[C@@H](C)Oc1ncnc(Cl)c1[N+](=O)[O-]. The van der Waals surface area contributed by atoms with Crippen LogP contribution in [0.1, 0.15) is 13.8 Å². The van der Waals surface area contributed by atoms with Crippen LogP contribution in [0.4, 0.5) is 5.69 Å². The lowest BCUT2D eigenvalue weighted by Crippen LogP contribution is -2.26. The summed E-state index contributed by atoms with van der Waals surface area (Å²) in [7, 11) is 0. The highest BCUT2D eigenvalue weighted by Gasteiger charge is 2.27. The van der Waals surface area contributed by atoms with Crippen LogP contribution < -0.4 is 4.74 Å². The third kappa shape index (κ3) is 3.27. The molecule has 0 fully saturated rings. The van der Waals surface area contributed by atoms with Crippen LogP contribution in [-0.2, 0) is 9.53 Å². The molecule has 0 aliphatic heterocycles.